The van der Waals surface area contributed by atoms with Gasteiger partial charge in [-0.25, -0.2) is 0 Å². The third-order valence-electron chi connectivity index (χ3n) is 7.79. The zero-order valence-corrected chi connectivity index (χ0v) is 19.1. The van der Waals surface area contributed by atoms with Crippen molar-refractivity contribution in [1.29, 1.82) is 0 Å². The number of benzene rings is 1. The Kier molecular flexibility index (Phi) is 5.54. The molecule has 1 N–H and O–H groups in total. The Morgan fingerprint density at radius 2 is 2.03 bits per heavy atom. The summed E-state index contributed by atoms with van der Waals surface area (Å²) < 4.78 is 0. The highest BCUT2D eigenvalue weighted by Crippen LogP contribution is 2.56. The fourth-order valence-corrected chi connectivity index (χ4v) is 6.54. The van der Waals surface area contributed by atoms with E-state index in [0.717, 1.165) is 50.9 Å². The molecular weight excluding hydrogens is 398 g/mol. The lowest BCUT2D eigenvalue weighted by molar-refractivity contribution is -0.149. The van der Waals surface area contributed by atoms with Gasteiger partial charge in [-0.05, 0) is 75.1 Å². The largest absolute Gasteiger partial charge is 0.331 e. The van der Waals surface area contributed by atoms with Crippen LogP contribution in [0.1, 0.15) is 43.0 Å². The monoisotopic (exact) mass is 431 g/mol. The van der Waals surface area contributed by atoms with E-state index in [2.05, 4.69) is 52.0 Å². The van der Waals surface area contributed by atoms with Crippen molar-refractivity contribution >= 4 is 5.91 Å². The highest BCUT2D eigenvalue weighted by atomic mass is 16.2. The summed E-state index contributed by atoms with van der Waals surface area (Å²) in [6.45, 7) is 4.27. The predicted molar refractivity (Wildman–Crippen MR) is 126 cm³/mol. The Morgan fingerprint density at radius 1 is 1.22 bits per heavy atom. The van der Waals surface area contributed by atoms with E-state index in [1.54, 1.807) is 6.07 Å². The number of likely N-dealkylation sites (N-methyl/N-ethyl adjacent to an activating group) is 1. The quantitative estimate of drug-likeness (QED) is 0.737. The lowest BCUT2D eigenvalue weighted by Gasteiger charge is -2.59. The van der Waals surface area contributed by atoms with E-state index < -0.39 is 0 Å². The second-order valence-corrected chi connectivity index (χ2v) is 9.96. The summed E-state index contributed by atoms with van der Waals surface area (Å²) in [4.78, 5) is 33.3. The van der Waals surface area contributed by atoms with E-state index in [0.29, 0.717) is 18.4 Å². The van der Waals surface area contributed by atoms with Crippen molar-refractivity contribution in [1.82, 2.24) is 14.8 Å². The van der Waals surface area contributed by atoms with E-state index in [1.807, 2.05) is 19.2 Å². The number of nitrogens with zero attached hydrogens (tertiary/aromatic N) is 2. The first kappa shape index (κ1) is 21.2. The first-order valence-electron chi connectivity index (χ1n) is 11.9. The number of aromatic nitrogens is 1. The molecule has 32 heavy (non-hydrogen) atoms. The molecule has 168 valence electrons. The van der Waals surface area contributed by atoms with Gasteiger partial charge in [-0.15, -0.1) is 0 Å². The van der Waals surface area contributed by atoms with Gasteiger partial charge in [0, 0.05) is 24.8 Å². The molecule has 0 saturated carbocycles. The fraction of sp³-hybridized carbons (Fsp3) is 0.481. The lowest BCUT2D eigenvalue weighted by Crippen LogP contribution is -2.63. The van der Waals surface area contributed by atoms with Crippen LogP contribution in [0.4, 0.5) is 0 Å². The van der Waals surface area contributed by atoms with Crippen LogP contribution in [0.3, 0.4) is 0 Å². The number of H-pyrrole nitrogens is 1. The summed E-state index contributed by atoms with van der Waals surface area (Å²) in [5.74, 6) is 1.02. The number of piperidine rings is 1. The summed E-state index contributed by atoms with van der Waals surface area (Å²) in [5.41, 5.74) is 4.48. The number of likely N-dealkylation sites (tertiary alicyclic amines) is 1. The van der Waals surface area contributed by atoms with Crippen LogP contribution in [0.25, 0.3) is 0 Å². The Labute approximate surface area is 190 Å². The maximum absolute atomic E-state index is 13.7. The zero-order valence-electron chi connectivity index (χ0n) is 19.1. The summed E-state index contributed by atoms with van der Waals surface area (Å²) >= 11 is 0. The number of carbonyl (C=O) groups is 1. The lowest BCUT2D eigenvalue weighted by atomic mass is 9.56. The number of allylic oxidation sites excluding steroid dienone is 1. The predicted octanol–water partition coefficient (Wildman–Crippen LogP) is 3.51. The molecule has 1 aromatic heterocycles. The fourth-order valence-electron chi connectivity index (χ4n) is 6.54. The van der Waals surface area contributed by atoms with Gasteiger partial charge in [-0.3, -0.25) is 14.5 Å². The van der Waals surface area contributed by atoms with Crippen molar-refractivity contribution in [2.45, 2.75) is 44.6 Å². The van der Waals surface area contributed by atoms with E-state index in [4.69, 9.17) is 0 Å². The van der Waals surface area contributed by atoms with E-state index in [9.17, 15) is 9.59 Å². The van der Waals surface area contributed by atoms with Gasteiger partial charge in [-0.2, -0.15) is 0 Å². The van der Waals surface area contributed by atoms with Crippen LogP contribution >= 0.6 is 0 Å². The Hall–Kier alpha value is -2.66. The minimum absolute atomic E-state index is 0.0493. The van der Waals surface area contributed by atoms with Crippen LogP contribution in [0, 0.1) is 11.8 Å². The molecule has 1 amide bonds. The average Bonchev–Trinajstić information content (AvgIpc) is 2.77. The third-order valence-corrected chi connectivity index (χ3v) is 7.79. The molecule has 1 aliphatic heterocycles. The molecule has 1 fully saturated rings. The van der Waals surface area contributed by atoms with Crippen molar-refractivity contribution in [3.8, 4) is 0 Å². The van der Waals surface area contributed by atoms with Crippen LogP contribution in [0.2, 0.25) is 0 Å². The standard InChI is InChI=1S/C27H33N3O2/c1-19-15-21-16-24-23(10-11-25(31)28-24)27(17-19)22(21)9-6-13-30(27)26(32)18-29(2)14-12-20-7-4-3-5-8-20/h3-5,7-8,10-11,15,21-22H,6,9,12-14,16-18H2,1-2H3,(H,28,31)/t21?,22-,27-/m1/s1. The molecule has 1 aromatic carbocycles. The van der Waals surface area contributed by atoms with E-state index in [1.165, 1.54) is 16.7 Å². The van der Waals surface area contributed by atoms with Gasteiger partial charge in [0.2, 0.25) is 11.5 Å². The smallest absolute Gasteiger partial charge is 0.248 e. The molecule has 5 nitrogen and oxygen atoms in total. The number of carbonyl (C=O) groups excluding carboxylic acids is 1. The van der Waals surface area contributed by atoms with Crippen molar-refractivity contribution in [2.75, 3.05) is 26.7 Å². The molecule has 1 unspecified atom stereocenters. The highest BCUT2D eigenvalue weighted by molar-refractivity contribution is 5.80. The van der Waals surface area contributed by atoms with E-state index in [-0.39, 0.29) is 17.0 Å². The van der Waals surface area contributed by atoms with Gasteiger partial charge < -0.3 is 9.88 Å². The molecule has 0 spiro atoms. The van der Waals surface area contributed by atoms with Crippen molar-refractivity contribution in [2.24, 2.45) is 11.8 Å². The summed E-state index contributed by atoms with van der Waals surface area (Å²) in [7, 11) is 2.04. The number of aromatic amines is 1. The van der Waals surface area contributed by atoms with Crippen LogP contribution in [-0.2, 0) is 23.2 Å². The second kappa shape index (κ2) is 8.36. The molecule has 2 bridgehead atoms. The van der Waals surface area contributed by atoms with Crippen molar-refractivity contribution in [3.63, 3.8) is 0 Å². The number of hydrogen-bond acceptors (Lipinski definition) is 3. The molecule has 2 heterocycles. The molecule has 3 aliphatic rings. The van der Waals surface area contributed by atoms with Crippen LogP contribution in [-0.4, -0.2) is 47.4 Å². The molecule has 2 aliphatic carbocycles. The Morgan fingerprint density at radius 3 is 2.84 bits per heavy atom. The second-order valence-electron chi connectivity index (χ2n) is 9.96. The summed E-state index contributed by atoms with van der Waals surface area (Å²) in [5, 5.41) is 0. The first-order valence-corrected chi connectivity index (χ1v) is 11.9. The normalized spacial score (nSPS) is 26.3. The maximum Gasteiger partial charge on any atom is 0.248 e. The molecule has 0 radical (unpaired) electrons. The summed E-state index contributed by atoms with van der Waals surface area (Å²) in [6, 6.07) is 14.1. The van der Waals surface area contributed by atoms with E-state index >= 15 is 0 Å². The Bertz CT molecular complexity index is 1090. The molecule has 1 saturated heterocycles. The van der Waals surface area contributed by atoms with Gasteiger partial charge in [0.25, 0.3) is 0 Å². The highest BCUT2D eigenvalue weighted by Gasteiger charge is 2.56. The van der Waals surface area contributed by atoms with Crippen molar-refractivity contribution in [3.05, 3.63) is 81.3 Å². The number of fused-ring (bicyclic) bond motifs is 1. The topological polar surface area (TPSA) is 56.4 Å². The number of hydrogen-bond donors (Lipinski definition) is 1. The van der Waals surface area contributed by atoms with Gasteiger partial charge >= 0.3 is 0 Å². The molecule has 2 aromatic rings. The molecule has 5 heteroatoms. The maximum atomic E-state index is 13.7. The minimum Gasteiger partial charge on any atom is -0.331 e. The molecular formula is C27H33N3O2. The molecule has 5 rings (SSSR count). The SMILES string of the molecule is CC1=CC2Cc3[nH]c(=O)ccc3[C@@]3(C1)[C@@H]2CCCN3C(=O)CN(C)CCc1ccccc1. The third kappa shape index (κ3) is 3.62. The number of amides is 1. The minimum atomic E-state index is -0.323. The van der Waals surface area contributed by atoms with Gasteiger partial charge in [0.05, 0.1) is 12.1 Å². The first-order chi connectivity index (χ1) is 15.5. The number of pyridine rings is 1. The van der Waals surface area contributed by atoms with Gasteiger partial charge in [-0.1, -0.05) is 42.0 Å². The van der Waals surface area contributed by atoms with Crippen LogP contribution in [0.5, 0.6) is 0 Å². The average molecular weight is 432 g/mol. The molecule has 3 atom stereocenters. The van der Waals surface area contributed by atoms with Crippen molar-refractivity contribution < 1.29 is 4.79 Å². The Balaban J connectivity index is 1.42. The van der Waals surface area contributed by atoms with Crippen LogP contribution < -0.4 is 5.56 Å². The summed E-state index contributed by atoms with van der Waals surface area (Å²) in [6.07, 6.45) is 7.26. The number of rotatable bonds is 5. The zero-order chi connectivity index (χ0) is 22.3. The van der Waals surface area contributed by atoms with Gasteiger partial charge in [0.1, 0.15) is 0 Å². The van der Waals surface area contributed by atoms with Gasteiger partial charge in [0.15, 0.2) is 0 Å². The van der Waals surface area contributed by atoms with Crippen LogP contribution in [0.15, 0.2) is 58.9 Å². The number of nitrogens with one attached hydrogen (secondary N) is 1.